The number of nitrogens with zero attached hydrogens (tertiary/aromatic N) is 1. The lowest BCUT2D eigenvalue weighted by Crippen LogP contribution is -2.38. The minimum atomic E-state index is -0.907. The van der Waals surface area contributed by atoms with E-state index < -0.39 is 22.8 Å². The van der Waals surface area contributed by atoms with Crippen molar-refractivity contribution in [2.24, 2.45) is 0 Å². The molecule has 0 aliphatic heterocycles. The molecular weight excluding hydrogens is 301 g/mol. The van der Waals surface area contributed by atoms with Crippen LogP contribution in [0.3, 0.4) is 0 Å². The zero-order valence-electron chi connectivity index (χ0n) is 11.9. The molecule has 23 heavy (non-hydrogen) atoms. The number of aromatic nitrogens is 2. The first-order valence-electron chi connectivity index (χ1n) is 6.82. The van der Waals surface area contributed by atoms with Gasteiger partial charge in [-0.1, -0.05) is 18.2 Å². The Hall–Kier alpha value is -3.22. The highest BCUT2D eigenvalue weighted by Gasteiger charge is 2.12. The summed E-state index contributed by atoms with van der Waals surface area (Å²) < 4.78 is 14.3. The normalized spacial score (nSPS) is 10.7. The number of hydrogen-bond acceptors (Lipinski definition) is 3. The highest BCUT2D eigenvalue weighted by Crippen LogP contribution is 2.11. The number of H-pyrrole nitrogens is 1. The van der Waals surface area contributed by atoms with Crippen molar-refractivity contribution in [2.45, 2.75) is 6.54 Å². The van der Waals surface area contributed by atoms with E-state index in [2.05, 4.69) is 10.3 Å². The SMILES string of the molecule is O=C(Cn1c(=O)c(=O)[nH]c2cc(F)ccc21)Nc1ccccc1. The number of fused-ring (bicyclic) bond motifs is 1. The lowest BCUT2D eigenvalue weighted by molar-refractivity contribution is -0.116. The maximum absolute atomic E-state index is 13.3. The Morgan fingerprint density at radius 2 is 1.87 bits per heavy atom. The quantitative estimate of drug-likeness (QED) is 0.718. The number of hydrogen-bond donors (Lipinski definition) is 2. The summed E-state index contributed by atoms with van der Waals surface area (Å²) in [6.45, 7) is -0.347. The Kier molecular flexibility index (Phi) is 3.76. The molecule has 2 aromatic carbocycles. The Morgan fingerprint density at radius 3 is 2.61 bits per heavy atom. The van der Waals surface area contributed by atoms with Crippen LogP contribution in [0.25, 0.3) is 11.0 Å². The molecular formula is C16H12FN3O3. The lowest BCUT2D eigenvalue weighted by atomic mass is 10.2. The van der Waals surface area contributed by atoms with Crippen LogP contribution in [0.5, 0.6) is 0 Å². The van der Waals surface area contributed by atoms with Crippen LogP contribution in [0.4, 0.5) is 10.1 Å². The Bertz CT molecular complexity index is 993. The number of aromatic amines is 1. The summed E-state index contributed by atoms with van der Waals surface area (Å²) in [5.41, 5.74) is -0.769. The van der Waals surface area contributed by atoms with E-state index in [0.29, 0.717) is 5.69 Å². The van der Waals surface area contributed by atoms with E-state index in [0.717, 1.165) is 16.7 Å². The molecule has 1 aromatic heterocycles. The number of carbonyl (C=O) groups excluding carboxylic acids is 1. The maximum atomic E-state index is 13.3. The van der Waals surface area contributed by atoms with E-state index in [-0.39, 0.29) is 17.6 Å². The van der Waals surface area contributed by atoms with Crippen LogP contribution in [-0.4, -0.2) is 15.5 Å². The van der Waals surface area contributed by atoms with Crippen molar-refractivity contribution >= 4 is 22.6 Å². The molecule has 6 nitrogen and oxygen atoms in total. The van der Waals surface area contributed by atoms with Crippen molar-refractivity contribution < 1.29 is 9.18 Å². The average Bonchev–Trinajstić information content (AvgIpc) is 2.52. The van der Waals surface area contributed by atoms with Crippen LogP contribution in [0.15, 0.2) is 58.1 Å². The van der Waals surface area contributed by atoms with Crippen LogP contribution in [0.2, 0.25) is 0 Å². The first-order valence-corrected chi connectivity index (χ1v) is 6.82. The van der Waals surface area contributed by atoms with E-state index in [4.69, 9.17) is 0 Å². The molecule has 0 unspecified atom stereocenters. The Morgan fingerprint density at radius 1 is 1.13 bits per heavy atom. The second-order valence-corrected chi connectivity index (χ2v) is 4.92. The van der Waals surface area contributed by atoms with Gasteiger partial charge >= 0.3 is 11.1 Å². The summed E-state index contributed by atoms with van der Waals surface area (Å²) in [5, 5.41) is 2.63. The third-order valence-corrected chi connectivity index (χ3v) is 3.30. The summed E-state index contributed by atoms with van der Waals surface area (Å²) in [6, 6.07) is 12.3. The van der Waals surface area contributed by atoms with E-state index in [9.17, 15) is 18.8 Å². The van der Waals surface area contributed by atoms with Gasteiger partial charge in [0.15, 0.2) is 0 Å². The predicted molar refractivity (Wildman–Crippen MR) is 83.9 cm³/mol. The monoisotopic (exact) mass is 313 g/mol. The molecule has 0 radical (unpaired) electrons. The molecule has 0 aliphatic carbocycles. The van der Waals surface area contributed by atoms with Crippen molar-refractivity contribution in [1.29, 1.82) is 0 Å². The van der Waals surface area contributed by atoms with Crippen LogP contribution >= 0.6 is 0 Å². The number of halogens is 1. The molecule has 0 bridgehead atoms. The second-order valence-electron chi connectivity index (χ2n) is 4.92. The zero-order chi connectivity index (χ0) is 16.4. The van der Waals surface area contributed by atoms with Gasteiger partial charge in [-0.2, -0.15) is 0 Å². The topological polar surface area (TPSA) is 84.0 Å². The molecule has 0 atom stereocenters. The lowest BCUT2D eigenvalue weighted by Gasteiger charge is -2.10. The highest BCUT2D eigenvalue weighted by molar-refractivity contribution is 5.91. The van der Waals surface area contributed by atoms with Gasteiger partial charge in [0.1, 0.15) is 12.4 Å². The number of amides is 1. The molecule has 1 heterocycles. The van der Waals surface area contributed by atoms with Crippen molar-refractivity contribution in [3.05, 3.63) is 75.1 Å². The fourth-order valence-electron chi connectivity index (χ4n) is 2.27. The van der Waals surface area contributed by atoms with E-state index in [1.165, 1.54) is 6.07 Å². The molecule has 0 fully saturated rings. The molecule has 0 aliphatic rings. The summed E-state index contributed by atoms with van der Waals surface area (Å²) in [7, 11) is 0. The zero-order valence-corrected chi connectivity index (χ0v) is 11.9. The van der Waals surface area contributed by atoms with Gasteiger partial charge in [-0.15, -0.1) is 0 Å². The largest absolute Gasteiger partial charge is 0.325 e. The standard InChI is InChI=1S/C16H12FN3O3/c17-10-6-7-13-12(8-10)19-15(22)16(23)20(13)9-14(21)18-11-4-2-1-3-5-11/h1-8H,9H2,(H,18,21)(H,19,22). The third kappa shape index (κ3) is 3.03. The van der Waals surface area contributed by atoms with E-state index >= 15 is 0 Å². The predicted octanol–water partition coefficient (Wildman–Crippen LogP) is 1.47. The van der Waals surface area contributed by atoms with Gasteiger partial charge in [0.05, 0.1) is 11.0 Å². The minimum Gasteiger partial charge on any atom is -0.325 e. The van der Waals surface area contributed by atoms with Gasteiger partial charge in [0.25, 0.3) is 0 Å². The second kappa shape index (κ2) is 5.88. The van der Waals surface area contributed by atoms with Gasteiger partial charge in [0.2, 0.25) is 5.91 Å². The third-order valence-electron chi connectivity index (χ3n) is 3.30. The fourth-order valence-corrected chi connectivity index (χ4v) is 2.27. The number of benzene rings is 2. The van der Waals surface area contributed by atoms with E-state index in [1.807, 2.05) is 0 Å². The minimum absolute atomic E-state index is 0.155. The maximum Gasteiger partial charge on any atom is 0.317 e. The first kappa shape index (κ1) is 14.7. The first-order chi connectivity index (χ1) is 11.0. The molecule has 0 spiro atoms. The highest BCUT2D eigenvalue weighted by atomic mass is 19.1. The molecule has 0 saturated carbocycles. The molecule has 2 N–H and O–H groups in total. The average molecular weight is 313 g/mol. The van der Waals surface area contributed by atoms with Crippen LogP contribution in [0.1, 0.15) is 0 Å². The number of anilines is 1. The van der Waals surface area contributed by atoms with Crippen molar-refractivity contribution in [1.82, 2.24) is 9.55 Å². The summed E-state index contributed by atoms with van der Waals surface area (Å²) in [5.74, 6) is -1.01. The van der Waals surface area contributed by atoms with Gasteiger partial charge in [-0.05, 0) is 30.3 Å². The molecule has 116 valence electrons. The van der Waals surface area contributed by atoms with Crippen molar-refractivity contribution in [2.75, 3.05) is 5.32 Å². The smallest absolute Gasteiger partial charge is 0.317 e. The summed E-state index contributed by atoms with van der Waals surface area (Å²) in [6.07, 6.45) is 0. The van der Waals surface area contributed by atoms with Gasteiger partial charge in [0, 0.05) is 5.69 Å². The number of carbonyl (C=O) groups is 1. The van der Waals surface area contributed by atoms with Gasteiger partial charge in [-0.3, -0.25) is 19.0 Å². The number of para-hydroxylation sites is 1. The summed E-state index contributed by atoms with van der Waals surface area (Å²) >= 11 is 0. The number of nitrogens with one attached hydrogen (secondary N) is 2. The summed E-state index contributed by atoms with van der Waals surface area (Å²) in [4.78, 5) is 38.1. The van der Waals surface area contributed by atoms with Crippen LogP contribution < -0.4 is 16.4 Å². The van der Waals surface area contributed by atoms with Crippen LogP contribution in [0, 0.1) is 5.82 Å². The molecule has 3 rings (SSSR count). The van der Waals surface area contributed by atoms with Gasteiger partial charge < -0.3 is 10.3 Å². The molecule has 3 aromatic rings. The molecule has 7 heteroatoms. The molecule has 0 saturated heterocycles. The molecule has 1 amide bonds. The Balaban J connectivity index is 1.99. The Labute approximate surface area is 129 Å². The number of rotatable bonds is 3. The van der Waals surface area contributed by atoms with Crippen molar-refractivity contribution in [3.63, 3.8) is 0 Å². The van der Waals surface area contributed by atoms with E-state index in [1.54, 1.807) is 30.3 Å². The van der Waals surface area contributed by atoms with Crippen molar-refractivity contribution in [3.8, 4) is 0 Å². The fraction of sp³-hybridized carbons (Fsp3) is 0.0625. The van der Waals surface area contributed by atoms with Crippen LogP contribution in [-0.2, 0) is 11.3 Å². The van der Waals surface area contributed by atoms with Gasteiger partial charge in [-0.25, -0.2) is 4.39 Å².